The third-order valence-corrected chi connectivity index (χ3v) is 9.13. The SMILES string of the molecule is CC1=C([Si](C)(C)C)C(C)P1c1ccccc1. The number of allylic oxidation sites excluding steroid dienone is 2. The van der Waals surface area contributed by atoms with Gasteiger partial charge in [0.25, 0.3) is 0 Å². The van der Waals surface area contributed by atoms with E-state index >= 15 is 0 Å². The summed E-state index contributed by atoms with van der Waals surface area (Å²) in [7, 11) is -1.08. The maximum absolute atomic E-state index is 2.47. The highest BCUT2D eigenvalue weighted by Gasteiger charge is 2.41. The molecule has 2 heteroatoms. The van der Waals surface area contributed by atoms with E-state index in [4.69, 9.17) is 0 Å². The van der Waals surface area contributed by atoms with Crippen molar-refractivity contribution in [3.8, 4) is 0 Å². The molecule has 0 spiro atoms. The molecule has 0 radical (unpaired) electrons. The Kier molecular flexibility index (Phi) is 3.11. The molecule has 1 aromatic carbocycles. The summed E-state index contributed by atoms with van der Waals surface area (Å²) in [5.74, 6) is 0. The summed E-state index contributed by atoms with van der Waals surface area (Å²) in [6.07, 6.45) is 0. The summed E-state index contributed by atoms with van der Waals surface area (Å²) in [6, 6.07) is 11.1. The van der Waals surface area contributed by atoms with Gasteiger partial charge in [0.2, 0.25) is 0 Å². The Hall–Kier alpha value is -0.393. The minimum atomic E-state index is -1.08. The van der Waals surface area contributed by atoms with Gasteiger partial charge in [0, 0.05) is 5.66 Å². The van der Waals surface area contributed by atoms with Gasteiger partial charge in [-0.05, 0) is 25.5 Å². The summed E-state index contributed by atoms with van der Waals surface area (Å²) in [5, 5.41) is 5.10. The largest absolute Gasteiger partial charge is 0.0737 e. The molecule has 0 fully saturated rings. The van der Waals surface area contributed by atoms with E-state index in [1.54, 1.807) is 10.6 Å². The van der Waals surface area contributed by atoms with Crippen LogP contribution in [0.1, 0.15) is 13.8 Å². The van der Waals surface area contributed by atoms with Gasteiger partial charge >= 0.3 is 0 Å². The Morgan fingerprint density at radius 3 is 2.06 bits per heavy atom. The van der Waals surface area contributed by atoms with Crippen LogP contribution in [0.25, 0.3) is 0 Å². The molecule has 0 bridgehead atoms. The molecule has 0 nitrogen and oxygen atoms in total. The van der Waals surface area contributed by atoms with Crippen LogP contribution >= 0.6 is 7.92 Å². The van der Waals surface area contributed by atoms with Crippen LogP contribution in [0.4, 0.5) is 0 Å². The van der Waals surface area contributed by atoms with Gasteiger partial charge in [0.1, 0.15) is 0 Å². The maximum Gasteiger partial charge on any atom is 0.0737 e. The van der Waals surface area contributed by atoms with Crippen molar-refractivity contribution in [3.63, 3.8) is 0 Å². The van der Waals surface area contributed by atoms with E-state index in [0.29, 0.717) is 0 Å². The van der Waals surface area contributed by atoms with Crippen molar-refractivity contribution in [2.24, 2.45) is 0 Å². The standard InChI is InChI=1S/C14H21PSi/c1-11-14(16(3,4)5)12(2)15(11)13-9-7-6-8-10-13/h6-11H,1-5H3. The highest BCUT2D eigenvalue weighted by Crippen LogP contribution is 2.62. The number of rotatable bonds is 2. The van der Waals surface area contributed by atoms with E-state index in [0.717, 1.165) is 5.66 Å². The van der Waals surface area contributed by atoms with E-state index in [1.165, 1.54) is 0 Å². The first-order valence-corrected chi connectivity index (χ1v) is 10.9. The predicted molar refractivity (Wildman–Crippen MR) is 78.5 cm³/mol. The fraction of sp³-hybridized carbons (Fsp3) is 0.429. The highest BCUT2D eigenvalue weighted by atomic mass is 31.1. The molecular formula is C14H21PSi. The third-order valence-electron chi connectivity index (χ3n) is 3.40. The quantitative estimate of drug-likeness (QED) is 0.539. The second kappa shape index (κ2) is 4.12. The summed E-state index contributed by atoms with van der Waals surface area (Å²) in [6.45, 7) is 12.2. The van der Waals surface area contributed by atoms with Crippen LogP contribution in [0.15, 0.2) is 40.8 Å². The fourth-order valence-corrected chi connectivity index (χ4v) is 10.8. The summed E-state index contributed by atoms with van der Waals surface area (Å²) >= 11 is 0. The molecule has 0 saturated heterocycles. The van der Waals surface area contributed by atoms with E-state index in [9.17, 15) is 0 Å². The average Bonchev–Trinajstić information content (AvgIpc) is 2.17. The topological polar surface area (TPSA) is 0 Å². The molecule has 1 aromatic rings. The summed E-state index contributed by atoms with van der Waals surface area (Å²) < 4.78 is 0. The first-order valence-electron chi connectivity index (χ1n) is 5.98. The smallest absolute Gasteiger partial charge is 0.0699 e. The van der Waals surface area contributed by atoms with Crippen molar-refractivity contribution in [2.45, 2.75) is 39.1 Å². The number of hydrogen-bond acceptors (Lipinski definition) is 0. The molecule has 2 rings (SSSR count). The van der Waals surface area contributed by atoms with Crippen LogP contribution in [-0.2, 0) is 0 Å². The summed E-state index contributed by atoms with van der Waals surface area (Å²) in [4.78, 5) is 0. The first-order chi connectivity index (χ1) is 7.43. The normalized spacial score (nSPS) is 25.6. The van der Waals surface area contributed by atoms with Gasteiger partial charge in [-0.25, -0.2) is 0 Å². The lowest BCUT2D eigenvalue weighted by Gasteiger charge is -2.45. The number of hydrogen-bond donors (Lipinski definition) is 0. The molecule has 2 atom stereocenters. The molecular weight excluding hydrogens is 227 g/mol. The molecule has 0 aliphatic carbocycles. The van der Waals surface area contributed by atoms with Gasteiger partial charge < -0.3 is 0 Å². The van der Waals surface area contributed by atoms with Crippen molar-refractivity contribution in [1.29, 1.82) is 0 Å². The lowest BCUT2D eigenvalue weighted by atomic mass is 10.3. The van der Waals surface area contributed by atoms with Crippen molar-refractivity contribution < 1.29 is 0 Å². The van der Waals surface area contributed by atoms with Gasteiger partial charge in [-0.2, -0.15) is 0 Å². The van der Waals surface area contributed by atoms with Gasteiger partial charge in [-0.1, -0.05) is 62.1 Å². The molecule has 86 valence electrons. The predicted octanol–water partition coefficient (Wildman–Crippen LogP) is 4.35. The lowest BCUT2D eigenvalue weighted by Crippen LogP contribution is -2.38. The fourth-order valence-electron chi connectivity index (χ4n) is 2.96. The van der Waals surface area contributed by atoms with Crippen molar-refractivity contribution in [2.75, 3.05) is 0 Å². The molecule has 0 aromatic heterocycles. The average molecular weight is 248 g/mol. The number of benzene rings is 1. The lowest BCUT2D eigenvalue weighted by molar-refractivity contribution is 1.11. The van der Waals surface area contributed by atoms with E-state index in [-0.39, 0.29) is 7.92 Å². The Bertz CT molecular complexity index is 414. The molecule has 2 unspecified atom stereocenters. The van der Waals surface area contributed by atoms with Crippen LogP contribution in [0.3, 0.4) is 0 Å². The van der Waals surface area contributed by atoms with Crippen LogP contribution in [-0.4, -0.2) is 13.7 Å². The zero-order valence-corrected chi connectivity index (χ0v) is 12.8. The molecule has 1 aliphatic rings. The van der Waals surface area contributed by atoms with Gasteiger partial charge in [0.15, 0.2) is 0 Å². The van der Waals surface area contributed by atoms with Crippen molar-refractivity contribution in [3.05, 3.63) is 40.8 Å². The van der Waals surface area contributed by atoms with Gasteiger partial charge in [0.05, 0.1) is 8.07 Å². The first kappa shape index (κ1) is 12.1. The highest BCUT2D eigenvalue weighted by molar-refractivity contribution is 7.72. The van der Waals surface area contributed by atoms with Gasteiger partial charge in [-0.3, -0.25) is 0 Å². The van der Waals surface area contributed by atoms with Crippen LogP contribution in [0.5, 0.6) is 0 Å². The molecule has 1 heterocycles. The van der Waals surface area contributed by atoms with Crippen molar-refractivity contribution in [1.82, 2.24) is 0 Å². The third kappa shape index (κ3) is 1.91. The monoisotopic (exact) mass is 248 g/mol. The Balaban J connectivity index is 2.34. The molecule has 0 amide bonds. The van der Waals surface area contributed by atoms with Crippen LogP contribution < -0.4 is 5.30 Å². The molecule has 0 saturated carbocycles. The second-order valence-corrected chi connectivity index (χ2v) is 13.4. The molecule has 1 aliphatic heterocycles. The Morgan fingerprint density at radius 2 is 1.62 bits per heavy atom. The van der Waals surface area contributed by atoms with Crippen molar-refractivity contribution >= 4 is 21.3 Å². The van der Waals surface area contributed by atoms with Crippen LogP contribution in [0.2, 0.25) is 19.6 Å². The zero-order chi connectivity index (χ0) is 11.9. The Morgan fingerprint density at radius 1 is 1.06 bits per heavy atom. The minimum Gasteiger partial charge on any atom is -0.0699 e. The van der Waals surface area contributed by atoms with Gasteiger partial charge in [-0.15, -0.1) is 0 Å². The van der Waals surface area contributed by atoms with E-state index in [2.05, 4.69) is 63.8 Å². The molecule has 0 N–H and O–H groups in total. The Labute approximate surface area is 102 Å². The molecule has 16 heavy (non-hydrogen) atoms. The summed E-state index contributed by atoms with van der Waals surface area (Å²) in [5.41, 5.74) is 0.823. The zero-order valence-electron chi connectivity index (χ0n) is 10.9. The van der Waals surface area contributed by atoms with E-state index < -0.39 is 8.07 Å². The van der Waals surface area contributed by atoms with Crippen LogP contribution in [0, 0.1) is 0 Å². The minimum absolute atomic E-state index is 0.00457. The van der Waals surface area contributed by atoms with E-state index in [1.807, 2.05) is 5.20 Å². The second-order valence-electron chi connectivity index (χ2n) is 5.63. The maximum atomic E-state index is 2.47.